The van der Waals surface area contributed by atoms with Crippen LogP contribution in [0.1, 0.15) is 72.8 Å². The Balaban J connectivity index is 2.12. The summed E-state index contributed by atoms with van der Waals surface area (Å²) in [7, 11) is 4.79. The summed E-state index contributed by atoms with van der Waals surface area (Å²) < 4.78 is 10.8. The molecule has 188 valence electrons. The average Bonchev–Trinajstić information content (AvgIpc) is 2.86. The third kappa shape index (κ3) is 5.13. The van der Waals surface area contributed by atoms with E-state index >= 15 is 0 Å². The number of aldehydes is 1. The van der Waals surface area contributed by atoms with E-state index in [4.69, 9.17) is 9.47 Å². The topological polar surface area (TPSA) is 110 Å². The van der Waals surface area contributed by atoms with Gasteiger partial charge in [0.2, 0.25) is 0 Å². The minimum atomic E-state index is -0.617. The fraction of sp³-hybridized carbons (Fsp3) is 0.286. The summed E-state index contributed by atoms with van der Waals surface area (Å²) in [5.74, 6) is -1.13. The van der Waals surface area contributed by atoms with Gasteiger partial charge in [-0.2, -0.15) is 0 Å². The zero-order valence-electron chi connectivity index (χ0n) is 21.0. The maximum atomic E-state index is 13.3. The molecule has 36 heavy (non-hydrogen) atoms. The van der Waals surface area contributed by atoms with Crippen molar-refractivity contribution in [1.82, 2.24) is 4.90 Å². The van der Waals surface area contributed by atoms with Crippen molar-refractivity contribution in [3.05, 3.63) is 63.7 Å². The van der Waals surface area contributed by atoms with Crippen molar-refractivity contribution in [2.45, 2.75) is 20.3 Å². The van der Waals surface area contributed by atoms with Crippen molar-refractivity contribution in [2.24, 2.45) is 0 Å². The summed E-state index contributed by atoms with van der Waals surface area (Å²) in [4.78, 5) is 51.4. The molecule has 0 fully saturated rings. The van der Waals surface area contributed by atoms with Gasteiger partial charge in [0.1, 0.15) is 17.2 Å². The lowest BCUT2D eigenvalue weighted by Gasteiger charge is -2.24. The molecule has 0 spiro atoms. The Morgan fingerprint density at radius 2 is 1.75 bits per heavy atom. The van der Waals surface area contributed by atoms with Crippen LogP contribution in [0, 0.1) is 0 Å². The van der Waals surface area contributed by atoms with Gasteiger partial charge in [-0.05, 0) is 57.2 Å². The molecule has 1 aliphatic rings. The number of hydrogen-bond donors (Lipinski definition) is 1. The number of rotatable bonds is 9. The number of carbonyl (C=O) groups is 4. The van der Waals surface area contributed by atoms with Crippen LogP contribution in [0.4, 0.5) is 0 Å². The summed E-state index contributed by atoms with van der Waals surface area (Å²) in [6.07, 6.45) is 5.70. The van der Waals surface area contributed by atoms with E-state index in [1.165, 1.54) is 52.4 Å². The Kier molecular flexibility index (Phi) is 8.22. The molecule has 2 aromatic carbocycles. The molecule has 8 nitrogen and oxygen atoms in total. The van der Waals surface area contributed by atoms with E-state index < -0.39 is 5.78 Å². The van der Waals surface area contributed by atoms with Crippen molar-refractivity contribution >= 4 is 35.3 Å². The molecule has 1 aliphatic heterocycles. The lowest BCUT2D eigenvalue weighted by molar-refractivity contribution is 0.0978. The number of allylic oxidation sites excluding steroid dienone is 1. The van der Waals surface area contributed by atoms with Gasteiger partial charge in [-0.15, -0.1) is 0 Å². The van der Waals surface area contributed by atoms with E-state index in [1.54, 1.807) is 6.07 Å². The lowest BCUT2D eigenvalue weighted by Crippen LogP contribution is -2.24. The van der Waals surface area contributed by atoms with Crippen molar-refractivity contribution in [3.8, 4) is 17.2 Å². The van der Waals surface area contributed by atoms with E-state index in [0.29, 0.717) is 36.1 Å². The second kappa shape index (κ2) is 11.1. The number of aromatic hydroxyl groups is 1. The number of nitrogens with zero attached hydrogens (tertiary/aromatic N) is 1. The van der Waals surface area contributed by atoms with Crippen LogP contribution >= 0.6 is 0 Å². The minimum absolute atomic E-state index is 0.0143. The summed E-state index contributed by atoms with van der Waals surface area (Å²) >= 11 is 0. The molecule has 1 heterocycles. The quantitative estimate of drug-likeness (QED) is 0.315. The van der Waals surface area contributed by atoms with E-state index in [-0.39, 0.29) is 45.3 Å². The predicted octanol–water partition coefficient (Wildman–Crippen LogP) is 4.24. The molecule has 0 saturated carbocycles. The molecule has 3 rings (SSSR count). The number of likely N-dealkylation sites (N-methyl/N-ethyl adjacent to an activating group) is 1. The largest absolute Gasteiger partial charge is 0.506 e. The van der Waals surface area contributed by atoms with Crippen LogP contribution < -0.4 is 9.47 Å². The van der Waals surface area contributed by atoms with Gasteiger partial charge >= 0.3 is 0 Å². The standard InChI is InChI=1S/C28H29NO7/c1-16(31)21-8-6-19(28(36-5)24(21)17(2)32)7-9-22(33)25-20(15-30)14-23(35-4)26(27(25)34)18-10-12-29(3)13-11-18/h6-10,14-15,34H,11-13H2,1-5H3/b9-7+. The van der Waals surface area contributed by atoms with Gasteiger partial charge < -0.3 is 19.5 Å². The number of ketones is 3. The first kappa shape index (κ1) is 26.6. The Bertz CT molecular complexity index is 1300. The third-order valence-corrected chi connectivity index (χ3v) is 6.16. The predicted molar refractivity (Wildman–Crippen MR) is 137 cm³/mol. The molecule has 0 aromatic heterocycles. The van der Waals surface area contributed by atoms with Crippen molar-refractivity contribution in [2.75, 3.05) is 34.4 Å². The Hall–Kier alpha value is -4.04. The monoisotopic (exact) mass is 491 g/mol. The highest BCUT2D eigenvalue weighted by molar-refractivity contribution is 6.14. The zero-order valence-corrected chi connectivity index (χ0v) is 21.0. The van der Waals surface area contributed by atoms with Gasteiger partial charge in [0.25, 0.3) is 0 Å². The highest BCUT2D eigenvalue weighted by Gasteiger charge is 2.26. The first-order chi connectivity index (χ1) is 17.1. The third-order valence-electron chi connectivity index (χ3n) is 6.16. The molecule has 0 amide bonds. The second-order valence-corrected chi connectivity index (χ2v) is 8.55. The van der Waals surface area contributed by atoms with Gasteiger partial charge in [0.05, 0.1) is 30.9 Å². The van der Waals surface area contributed by atoms with E-state index in [1.807, 2.05) is 13.1 Å². The maximum Gasteiger partial charge on any atom is 0.190 e. The van der Waals surface area contributed by atoms with Crippen LogP contribution in [0.25, 0.3) is 11.6 Å². The fourth-order valence-corrected chi connectivity index (χ4v) is 4.33. The lowest BCUT2D eigenvalue weighted by atomic mass is 9.91. The number of phenolic OH excluding ortho intramolecular Hbond substituents is 1. The minimum Gasteiger partial charge on any atom is -0.506 e. The molecule has 0 radical (unpaired) electrons. The van der Waals surface area contributed by atoms with E-state index in [0.717, 1.165) is 12.1 Å². The number of phenols is 1. The molecule has 0 bridgehead atoms. The molecule has 2 aromatic rings. The van der Waals surface area contributed by atoms with Crippen molar-refractivity contribution in [3.63, 3.8) is 0 Å². The second-order valence-electron chi connectivity index (χ2n) is 8.55. The van der Waals surface area contributed by atoms with Crippen LogP contribution in [-0.4, -0.2) is 68.0 Å². The number of carbonyl (C=O) groups excluding carboxylic acids is 4. The smallest absolute Gasteiger partial charge is 0.190 e. The molecule has 0 saturated heterocycles. The van der Waals surface area contributed by atoms with Crippen molar-refractivity contribution < 1.29 is 33.8 Å². The number of benzene rings is 2. The molecule has 0 atom stereocenters. The molecule has 1 N–H and O–H groups in total. The highest BCUT2D eigenvalue weighted by atomic mass is 16.5. The van der Waals surface area contributed by atoms with Gasteiger partial charge in [-0.25, -0.2) is 0 Å². The zero-order chi connectivity index (χ0) is 26.6. The normalized spacial score (nSPS) is 13.9. The van der Waals surface area contributed by atoms with Crippen LogP contribution in [0.15, 0.2) is 30.4 Å². The maximum absolute atomic E-state index is 13.3. The van der Waals surface area contributed by atoms with Gasteiger partial charge in [0, 0.05) is 29.8 Å². The molecule has 0 aliphatic carbocycles. The number of Topliss-reactive ketones (excluding diaryl/α,β-unsaturated/α-hetero) is 2. The summed E-state index contributed by atoms with van der Waals surface area (Å²) in [5, 5.41) is 11.2. The van der Waals surface area contributed by atoms with Crippen LogP contribution in [0.3, 0.4) is 0 Å². The first-order valence-electron chi connectivity index (χ1n) is 11.4. The van der Waals surface area contributed by atoms with Crippen molar-refractivity contribution in [1.29, 1.82) is 0 Å². The summed E-state index contributed by atoms with van der Waals surface area (Å²) in [6, 6.07) is 4.51. The Morgan fingerprint density at radius 3 is 2.28 bits per heavy atom. The number of ether oxygens (including phenoxy) is 2. The summed E-state index contributed by atoms with van der Waals surface area (Å²) in [6.45, 7) is 4.12. The molecular weight excluding hydrogens is 462 g/mol. The Labute approximate surface area is 209 Å². The van der Waals surface area contributed by atoms with Gasteiger partial charge in [-0.1, -0.05) is 12.1 Å². The summed E-state index contributed by atoms with van der Waals surface area (Å²) in [5.41, 5.74) is 1.77. The average molecular weight is 492 g/mol. The molecular formula is C28H29NO7. The Morgan fingerprint density at radius 1 is 1.03 bits per heavy atom. The van der Waals surface area contributed by atoms with Gasteiger partial charge in [0.15, 0.2) is 23.6 Å². The van der Waals surface area contributed by atoms with E-state index in [2.05, 4.69) is 4.90 Å². The van der Waals surface area contributed by atoms with E-state index in [9.17, 15) is 24.3 Å². The SMILES string of the molecule is COc1cc(C=O)c(C(=O)/C=C/c2ccc(C(C)=O)c(C(C)=O)c2OC)c(O)c1C1=CCN(C)CC1. The first-order valence-corrected chi connectivity index (χ1v) is 11.4. The van der Waals surface area contributed by atoms with Crippen LogP contribution in [0.2, 0.25) is 0 Å². The number of methoxy groups -OCH3 is 2. The molecule has 0 unspecified atom stereocenters. The molecule has 8 heteroatoms. The fourth-order valence-electron chi connectivity index (χ4n) is 4.33. The van der Waals surface area contributed by atoms with Gasteiger partial charge in [-0.3, -0.25) is 19.2 Å². The highest BCUT2D eigenvalue weighted by Crippen LogP contribution is 2.41. The van der Waals surface area contributed by atoms with Crippen LogP contribution in [0.5, 0.6) is 17.2 Å². The van der Waals surface area contributed by atoms with Crippen LogP contribution in [-0.2, 0) is 0 Å². The number of hydrogen-bond acceptors (Lipinski definition) is 8.